The molecule has 0 radical (unpaired) electrons. The van der Waals surface area contributed by atoms with Crippen molar-refractivity contribution in [3.05, 3.63) is 29.8 Å². The summed E-state index contributed by atoms with van der Waals surface area (Å²) < 4.78 is 5.10. The molecule has 1 rings (SSSR count). The molecule has 0 saturated carbocycles. The van der Waals surface area contributed by atoms with Gasteiger partial charge in [0, 0.05) is 13.6 Å². The molecule has 0 aliphatic carbocycles. The zero-order valence-electron chi connectivity index (χ0n) is 10.7. The maximum absolute atomic E-state index is 11.1. The number of benzene rings is 1. The first-order valence-corrected chi connectivity index (χ1v) is 5.67. The van der Waals surface area contributed by atoms with Gasteiger partial charge in [-0.25, -0.2) is 0 Å². The second kappa shape index (κ2) is 6.91. The molecule has 0 spiro atoms. The van der Waals surface area contributed by atoms with Crippen molar-refractivity contribution < 1.29 is 9.53 Å². The molecule has 4 heteroatoms. The molecule has 4 nitrogen and oxygen atoms in total. The number of rotatable bonds is 6. The van der Waals surface area contributed by atoms with Crippen LogP contribution < -0.4 is 10.1 Å². The van der Waals surface area contributed by atoms with Crippen LogP contribution in [0.1, 0.15) is 5.56 Å². The Morgan fingerprint density at radius 1 is 1.35 bits per heavy atom. The first kappa shape index (κ1) is 13.5. The lowest BCUT2D eigenvalue weighted by Gasteiger charge is -2.15. The van der Waals surface area contributed by atoms with E-state index >= 15 is 0 Å². The summed E-state index contributed by atoms with van der Waals surface area (Å²) in [7, 11) is 5.25. The van der Waals surface area contributed by atoms with Gasteiger partial charge in [0.25, 0.3) is 0 Å². The molecule has 0 heterocycles. The van der Waals surface area contributed by atoms with Crippen LogP contribution >= 0.6 is 0 Å². The minimum absolute atomic E-state index is 0.0437. The van der Waals surface area contributed by atoms with Gasteiger partial charge in [-0.3, -0.25) is 9.69 Å². The highest BCUT2D eigenvalue weighted by Crippen LogP contribution is 2.11. The Bertz CT molecular complexity index is 349. The molecule has 0 aromatic heterocycles. The number of likely N-dealkylation sites (N-methyl/N-ethyl adjacent to an activating group) is 2. The molecule has 94 valence electrons. The van der Waals surface area contributed by atoms with Crippen molar-refractivity contribution in [1.82, 2.24) is 10.2 Å². The summed E-state index contributed by atoms with van der Waals surface area (Å²) in [6.07, 6.45) is 0.928. The Morgan fingerprint density at radius 2 is 2.00 bits per heavy atom. The molecule has 1 amide bonds. The van der Waals surface area contributed by atoms with Crippen LogP contribution in [0, 0.1) is 0 Å². The summed E-state index contributed by atoms with van der Waals surface area (Å²) in [6.45, 7) is 1.30. The SMILES string of the molecule is CNC(=O)CN(C)CCc1ccc(OC)cc1. The van der Waals surface area contributed by atoms with Gasteiger partial charge in [-0.05, 0) is 31.2 Å². The van der Waals surface area contributed by atoms with Crippen molar-refractivity contribution in [2.24, 2.45) is 0 Å². The first-order chi connectivity index (χ1) is 8.15. The lowest BCUT2D eigenvalue weighted by Crippen LogP contribution is -2.34. The average Bonchev–Trinajstić information content (AvgIpc) is 2.36. The number of nitrogens with zero attached hydrogens (tertiary/aromatic N) is 1. The molecule has 1 aromatic carbocycles. The monoisotopic (exact) mass is 236 g/mol. The van der Waals surface area contributed by atoms with E-state index in [0.717, 1.165) is 18.7 Å². The summed E-state index contributed by atoms with van der Waals surface area (Å²) >= 11 is 0. The van der Waals surface area contributed by atoms with Crippen LogP contribution in [0.2, 0.25) is 0 Å². The maximum Gasteiger partial charge on any atom is 0.233 e. The molecule has 17 heavy (non-hydrogen) atoms. The van der Waals surface area contributed by atoms with Gasteiger partial charge in [-0.2, -0.15) is 0 Å². The van der Waals surface area contributed by atoms with Crippen molar-refractivity contribution in [2.75, 3.05) is 34.3 Å². The third-order valence-corrected chi connectivity index (χ3v) is 2.63. The van der Waals surface area contributed by atoms with Crippen LogP contribution in [0.15, 0.2) is 24.3 Å². The van der Waals surface area contributed by atoms with Gasteiger partial charge in [-0.1, -0.05) is 12.1 Å². The Balaban J connectivity index is 2.36. The van der Waals surface area contributed by atoms with Crippen molar-refractivity contribution >= 4 is 5.91 Å². The molecule has 0 saturated heterocycles. The van der Waals surface area contributed by atoms with Crippen LogP contribution in [0.4, 0.5) is 0 Å². The minimum Gasteiger partial charge on any atom is -0.497 e. The molecular weight excluding hydrogens is 216 g/mol. The Hall–Kier alpha value is -1.55. The Labute approximate surface area is 103 Å². The van der Waals surface area contributed by atoms with Gasteiger partial charge in [0.1, 0.15) is 5.75 Å². The zero-order chi connectivity index (χ0) is 12.7. The third kappa shape index (κ3) is 4.87. The van der Waals surface area contributed by atoms with Gasteiger partial charge in [0.2, 0.25) is 5.91 Å². The topological polar surface area (TPSA) is 41.6 Å². The van der Waals surface area contributed by atoms with Crippen LogP contribution in [0.25, 0.3) is 0 Å². The van der Waals surface area contributed by atoms with Crippen molar-refractivity contribution in [3.8, 4) is 5.75 Å². The quantitative estimate of drug-likeness (QED) is 0.798. The number of hydrogen-bond donors (Lipinski definition) is 1. The van der Waals surface area contributed by atoms with Crippen LogP contribution in [0.5, 0.6) is 5.75 Å². The fraction of sp³-hybridized carbons (Fsp3) is 0.462. The zero-order valence-corrected chi connectivity index (χ0v) is 10.7. The minimum atomic E-state index is 0.0437. The normalized spacial score (nSPS) is 10.4. The lowest BCUT2D eigenvalue weighted by molar-refractivity contribution is -0.121. The predicted octanol–water partition coefficient (Wildman–Crippen LogP) is 0.915. The van der Waals surface area contributed by atoms with Gasteiger partial charge in [0.05, 0.1) is 13.7 Å². The summed E-state index contributed by atoms with van der Waals surface area (Å²) in [6, 6.07) is 8.00. The fourth-order valence-electron chi connectivity index (χ4n) is 1.52. The van der Waals surface area contributed by atoms with Gasteiger partial charge >= 0.3 is 0 Å². The van der Waals surface area contributed by atoms with Crippen LogP contribution in [-0.4, -0.2) is 45.1 Å². The number of hydrogen-bond acceptors (Lipinski definition) is 3. The van der Waals surface area contributed by atoms with Crippen LogP contribution in [-0.2, 0) is 11.2 Å². The molecule has 0 unspecified atom stereocenters. The van der Waals surface area contributed by atoms with E-state index in [1.54, 1.807) is 14.2 Å². The number of amides is 1. The molecule has 0 atom stereocenters. The molecule has 0 aliphatic heterocycles. The van der Waals surface area contributed by atoms with Gasteiger partial charge in [-0.15, -0.1) is 0 Å². The van der Waals surface area contributed by atoms with E-state index < -0.39 is 0 Å². The van der Waals surface area contributed by atoms with E-state index in [1.807, 2.05) is 36.2 Å². The fourth-order valence-corrected chi connectivity index (χ4v) is 1.52. The largest absolute Gasteiger partial charge is 0.497 e. The smallest absolute Gasteiger partial charge is 0.233 e. The predicted molar refractivity (Wildman–Crippen MR) is 68.3 cm³/mol. The number of nitrogens with one attached hydrogen (secondary N) is 1. The van der Waals surface area contributed by atoms with E-state index in [4.69, 9.17) is 4.74 Å². The Morgan fingerprint density at radius 3 is 2.53 bits per heavy atom. The highest BCUT2D eigenvalue weighted by atomic mass is 16.5. The van der Waals surface area contributed by atoms with Gasteiger partial charge in [0.15, 0.2) is 0 Å². The Kier molecular flexibility index (Phi) is 5.49. The molecule has 1 N–H and O–H groups in total. The first-order valence-electron chi connectivity index (χ1n) is 5.67. The van der Waals surface area contributed by atoms with Crippen molar-refractivity contribution in [1.29, 1.82) is 0 Å². The standard InChI is InChI=1S/C13H20N2O2/c1-14-13(16)10-15(2)9-8-11-4-6-12(17-3)7-5-11/h4-7H,8-10H2,1-3H3,(H,14,16). The number of carbonyl (C=O) groups is 1. The molecule has 0 bridgehead atoms. The summed E-state index contributed by atoms with van der Waals surface area (Å²) in [5.74, 6) is 0.912. The van der Waals surface area contributed by atoms with E-state index in [0.29, 0.717) is 6.54 Å². The van der Waals surface area contributed by atoms with E-state index in [1.165, 1.54) is 5.56 Å². The number of methoxy groups -OCH3 is 1. The second-order valence-electron chi connectivity index (χ2n) is 4.01. The molecular formula is C13H20N2O2. The number of ether oxygens (including phenoxy) is 1. The summed E-state index contributed by atoms with van der Waals surface area (Å²) in [4.78, 5) is 13.2. The van der Waals surface area contributed by atoms with E-state index in [9.17, 15) is 4.79 Å². The average molecular weight is 236 g/mol. The van der Waals surface area contributed by atoms with Crippen molar-refractivity contribution in [3.63, 3.8) is 0 Å². The highest BCUT2D eigenvalue weighted by Gasteiger charge is 2.04. The van der Waals surface area contributed by atoms with E-state index in [2.05, 4.69) is 5.32 Å². The highest BCUT2D eigenvalue weighted by molar-refractivity contribution is 5.77. The summed E-state index contributed by atoms with van der Waals surface area (Å²) in [5, 5.41) is 2.61. The summed E-state index contributed by atoms with van der Waals surface area (Å²) in [5.41, 5.74) is 1.24. The number of carbonyl (C=O) groups excluding carboxylic acids is 1. The molecule has 1 aromatic rings. The molecule has 0 fully saturated rings. The second-order valence-corrected chi connectivity index (χ2v) is 4.01. The maximum atomic E-state index is 11.1. The molecule has 0 aliphatic rings. The van der Waals surface area contributed by atoms with Gasteiger partial charge < -0.3 is 10.1 Å². The van der Waals surface area contributed by atoms with E-state index in [-0.39, 0.29) is 5.91 Å². The third-order valence-electron chi connectivity index (χ3n) is 2.63. The lowest BCUT2D eigenvalue weighted by atomic mass is 10.1. The van der Waals surface area contributed by atoms with Crippen molar-refractivity contribution in [2.45, 2.75) is 6.42 Å². The van der Waals surface area contributed by atoms with Crippen LogP contribution in [0.3, 0.4) is 0 Å².